The van der Waals surface area contributed by atoms with Gasteiger partial charge in [-0.25, -0.2) is 4.98 Å². The van der Waals surface area contributed by atoms with Crippen molar-refractivity contribution in [3.63, 3.8) is 0 Å². The van der Waals surface area contributed by atoms with Gasteiger partial charge < -0.3 is 19.9 Å². The zero-order valence-electron chi connectivity index (χ0n) is 15.7. The minimum atomic E-state index is 0.0850. The van der Waals surface area contributed by atoms with Crippen LogP contribution in [-0.2, 0) is 13.1 Å². The van der Waals surface area contributed by atoms with E-state index in [0.717, 1.165) is 29.9 Å². The zero-order chi connectivity index (χ0) is 17.8. The van der Waals surface area contributed by atoms with Crippen LogP contribution in [0.4, 0.5) is 0 Å². The number of methoxy groups -OCH3 is 1. The molecule has 1 aromatic heterocycles. The first-order valence-electron chi connectivity index (χ1n) is 9.48. The minimum absolute atomic E-state index is 0.0850. The lowest BCUT2D eigenvalue weighted by molar-refractivity contribution is 0.0786. The van der Waals surface area contributed by atoms with Crippen LogP contribution in [0.5, 0.6) is 5.88 Å². The molecule has 1 N–H and O–H groups in total. The number of aromatic nitrogens is 1. The summed E-state index contributed by atoms with van der Waals surface area (Å²) in [5, 5.41) is 3.63. The maximum absolute atomic E-state index is 12.4. The predicted octanol–water partition coefficient (Wildman–Crippen LogP) is 2.03. The van der Waals surface area contributed by atoms with E-state index in [2.05, 4.69) is 22.1 Å². The third-order valence-corrected chi connectivity index (χ3v) is 5.28. The summed E-state index contributed by atoms with van der Waals surface area (Å²) in [6.07, 6.45) is 3.56. The fourth-order valence-electron chi connectivity index (χ4n) is 3.79. The van der Waals surface area contributed by atoms with E-state index in [9.17, 15) is 4.79 Å². The van der Waals surface area contributed by atoms with Crippen molar-refractivity contribution in [2.24, 2.45) is 0 Å². The van der Waals surface area contributed by atoms with E-state index in [1.807, 2.05) is 17.9 Å². The Labute approximate surface area is 150 Å². The molecule has 6 nitrogen and oxygen atoms in total. The van der Waals surface area contributed by atoms with Crippen LogP contribution in [0.2, 0.25) is 0 Å². The molecule has 1 saturated heterocycles. The maximum atomic E-state index is 12.4. The first-order valence-corrected chi connectivity index (χ1v) is 9.48. The largest absolute Gasteiger partial charge is 0.481 e. The van der Waals surface area contributed by atoms with Crippen molar-refractivity contribution in [2.45, 2.75) is 52.2 Å². The number of carbonyl (C=O) groups is 1. The molecule has 3 heterocycles. The number of piperidine rings is 1. The molecule has 3 rings (SSSR count). The second kappa shape index (κ2) is 8.15. The van der Waals surface area contributed by atoms with Gasteiger partial charge in [0.15, 0.2) is 0 Å². The Morgan fingerprint density at radius 2 is 2.08 bits per heavy atom. The minimum Gasteiger partial charge on any atom is -0.481 e. The molecule has 1 fully saturated rings. The van der Waals surface area contributed by atoms with E-state index < -0.39 is 0 Å². The monoisotopic (exact) mass is 346 g/mol. The highest BCUT2D eigenvalue weighted by Gasteiger charge is 2.29. The number of ether oxygens (including phenoxy) is 1. The highest BCUT2D eigenvalue weighted by Crippen LogP contribution is 2.27. The van der Waals surface area contributed by atoms with Crippen molar-refractivity contribution in [3.8, 4) is 5.88 Å². The number of amides is 1. The molecule has 0 bridgehead atoms. The number of nitrogens with zero attached hydrogens (tertiary/aromatic N) is 3. The number of hydrogen-bond acceptors (Lipinski definition) is 5. The van der Waals surface area contributed by atoms with Gasteiger partial charge in [-0.1, -0.05) is 6.92 Å². The molecular formula is C19H30N4O2. The summed E-state index contributed by atoms with van der Waals surface area (Å²) < 4.78 is 5.47. The Morgan fingerprint density at radius 3 is 2.72 bits per heavy atom. The second-order valence-corrected chi connectivity index (χ2v) is 6.97. The van der Waals surface area contributed by atoms with Crippen LogP contribution in [0.25, 0.3) is 0 Å². The summed E-state index contributed by atoms with van der Waals surface area (Å²) in [5.41, 5.74) is 2.54. The molecule has 138 valence electrons. The van der Waals surface area contributed by atoms with Crippen LogP contribution in [0.15, 0.2) is 6.07 Å². The molecule has 25 heavy (non-hydrogen) atoms. The quantitative estimate of drug-likeness (QED) is 0.819. The van der Waals surface area contributed by atoms with Crippen LogP contribution >= 0.6 is 0 Å². The Kier molecular flexibility index (Phi) is 5.91. The maximum Gasteiger partial charge on any atom is 0.256 e. The van der Waals surface area contributed by atoms with Gasteiger partial charge in [0, 0.05) is 24.7 Å². The molecule has 2 aliphatic rings. The fraction of sp³-hybridized carbons (Fsp3) is 0.684. The van der Waals surface area contributed by atoms with Crippen molar-refractivity contribution in [3.05, 3.63) is 22.9 Å². The van der Waals surface area contributed by atoms with E-state index in [-0.39, 0.29) is 5.91 Å². The zero-order valence-corrected chi connectivity index (χ0v) is 15.7. The fourth-order valence-corrected chi connectivity index (χ4v) is 3.79. The normalized spacial score (nSPS) is 18.7. The molecule has 0 unspecified atom stereocenters. The van der Waals surface area contributed by atoms with Crippen LogP contribution < -0.4 is 10.1 Å². The van der Waals surface area contributed by atoms with Gasteiger partial charge in [-0.05, 0) is 51.9 Å². The number of rotatable bonds is 7. The number of pyridine rings is 1. The van der Waals surface area contributed by atoms with Gasteiger partial charge >= 0.3 is 0 Å². The summed E-state index contributed by atoms with van der Waals surface area (Å²) in [4.78, 5) is 21.3. The van der Waals surface area contributed by atoms with E-state index >= 15 is 0 Å². The van der Waals surface area contributed by atoms with Crippen LogP contribution in [0.3, 0.4) is 0 Å². The van der Waals surface area contributed by atoms with Crippen molar-refractivity contribution in [2.75, 3.05) is 33.3 Å². The van der Waals surface area contributed by atoms with Crippen LogP contribution in [0.1, 0.15) is 54.7 Å². The van der Waals surface area contributed by atoms with Crippen LogP contribution in [-0.4, -0.2) is 60.0 Å². The van der Waals surface area contributed by atoms with Gasteiger partial charge in [0.2, 0.25) is 5.88 Å². The molecule has 1 amide bonds. The first-order chi connectivity index (χ1) is 12.2. The average Bonchev–Trinajstić information content (AvgIpc) is 2.95. The Morgan fingerprint density at radius 1 is 1.32 bits per heavy atom. The number of nitrogens with one attached hydrogen (secondary N) is 1. The number of likely N-dealkylation sites (tertiary alicyclic amines) is 1. The molecule has 0 aromatic carbocycles. The Hall–Kier alpha value is -1.66. The number of carbonyl (C=O) groups excluding carboxylic acids is 1. The highest BCUT2D eigenvalue weighted by atomic mass is 16.5. The molecule has 0 spiro atoms. The molecule has 0 aliphatic carbocycles. The van der Waals surface area contributed by atoms with Gasteiger partial charge in [0.05, 0.1) is 24.9 Å². The van der Waals surface area contributed by atoms with Gasteiger partial charge in [0.1, 0.15) is 0 Å². The molecule has 1 aromatic rings. The van der Waals surface area contributed by atoms with Crippen molar-refractivity contribution in [1.82, 2.24) is 20.1 Å². The lowest BCUT2D eigenvalue weighted by Gasteiger charge is -2.32. The molecule has 0 radical (unpaired) electrons. The third kappa shape index (κ3) is 3.96. The van der Waals surface area contributed by atoms with Gasteiger partial charge in [-0.3, -0.25) is 4.79 Å². The van der Waals surface area contributed by atoms with E-state index in [1.54, 1.807) is 7.11 Å². The van der Waals surface area contributed by atoms with E-state index in [0.29, 0.717) is 31.6 Å². The highest BCUT2D eigenvalue weighted by molar-refractivity contribution is 5.98. The molecule has 0 atom stereocenters. The van der Waals surface area contributed by atoms with Crippen LogP contribution in [0, 0.1) is 0 Å². The van der Waals surface area contributed by atoms with Crippen molar-refractivity contribution >= 4 is 5.91 Å². The Bertz CT molecular complexity index is 612. The smallest absolute Gasteiger partial charge is 0.256 e. The summed E-state index contributed by atoms with van der Waals surface area (Å²) in [6, 6.07) is 2.49. The molecule has 6 heteroatoms. The first kappa shape index (κ1) is 18.1. The molecule has 0 saturated carbocycles. The predicted molar refractivity (Wildman–Crippen MR) is 97.8 cm³/mol. The lowest BCUT2D eigenvalue weighted by atomic mass is 10.0. The van der Waals surface area contributed by atoms with E-state index in [4.69, 9.17) is 4.74 Å². The van der Waals surface area contributed by atoms with Gasteiger partial charge in [0.25, 0.3) is 5.91 Å². The van der Waals surface area contributed by atoms with Gasteiger partial charge in [-0.15, -0.1) is 0 Å². The van der Waals surface area contributed by atoms with Crippen molar-refractivity contribution in [1.29, 1.82) is 0 Å². The summed E-state index contributed by atoms with van der Waals surface area (Å²) in [6.45, 7) is 9.75. The summed E-state index contributed by atoms with van der Waals surface area (Å²) >= 11 is 0. The van der Waals surface area contributed by atoms with Gasteiger partial charge in [-0.2, -0.15) is 0 Å². The molecular weight excluding hydrogens is 316 g/mol. The summed E-state index contributed by atoms with van der Waals surface area (Å²) in [5.74, 6) is 0.724. The standard InChI is InChI=1S/C19H30N4O2/c1-4-8-22-9-6-15(7-10-22)20-12-14-11-16-17(21-18(14)25-3)13-23(5-2)19(16)24/h11,15,20H,4-10,12-13H2,1-3H3. The SMILES string of the molecule is CCCN1CCC(NCc2cc3c(nc2OC)CN(CC)C3=O)CC1. The number of fused-ring (bicyclic) bond motifs is 1. The topological polar surface area (TPSA) is 57.7 Å². The second-order valence-electron chi connectivity index (χ2n) is 6.97. The number of hydrogen-bond donors (Lipinski definition) is 1. The Balaban J connectivity index is 1.63. The van der Waals surface area contributed by atoms with E-state index in [1.165, 1.54) is 25.8 Å². The third-order valence-electron chi connectivity index (χ3n) is 5.28. The van der Waals surface area contributed by atoms with Crippen molar-refractivity contribution < 1.29 is 9.53 Å². The molecule has 2 aliphatic heterocycles. The average molecular weight is 346 g/mol. The lowest BCUT2D eigenvalue weighted by Crippen LogP contribution is -2.42. The summed E-state index contributed by atoms with van der Waals surface area (Å²) in [7, 11) is 1.65.